The van der Waals surface area contributed by atoms with Crippen LogP contribution in [0.3, 0.4) is 0 Å². The Hall–Kier alpha value is -2.34. The number of nitrogens with one attached hydrogen (secondary N) is 3. The summed E-state index contributed by atoms with van der Waals surface area (Å²) >= 11 is 3.43. The third-order valence-electron chi connectivity index (χ3n) is 4.21. The van der Waals surface area contributed by atoms with Gasteiger partial charge in [-0.25, -0.2) is 0 Å². The third kappa shape index (κ3) is 2.39. The molecule has 0 bridgehead atoms. The van der Waals surface area contributed by atoms with E-state index in [-0.39, 0.29) is 5.91 Å². The molecule has 1 unspecified atom stereocenters. The van der Waals surface area contributed by atoms with E-state index in [1.54, 1.807) is 0 Å². The van der Waals surface area contributed by atoms with Gasteiger partial charge in [-0.05, 0) is 40.5 Å². The molecule has 116 valence electrons. The summed E-state index contributed by atoms with van der Waals surface area (Å²) in [6.45, 7) is 1.92. The van der Waals surface area contributed by atoms with Crippen molar-refractivity contribution >= 4 is 44.1 Å². The molecule has 4 rings (SSSR count). The minimum atomic E-state index is -0.696. The molecule has 3 aromatic rings. The van der Waals surface area contributed by atoms with Crippen molar-refractivity contribution in [2.45, 2.75) is 18.9 Å². The Morgan fingerprint density at radius 3 is 2.74 bits per heavy atom. The lowest BCUT2D eigenvalue weighted by Gasteiger charge is -2.36. The second-order valence-electron chi connectivity index (χ2n) is 6.03. The lowest BCUT2D eigenvalue weighted by Crippen LogP contribution is -2.51. The molecule has 0 aliphatic carbocycles. The van der Waals surface area contributed by atoms with Crippen molar-refractivity contribution in [3.05, 3.63) is 52.6 Å². The first-order chi connectivity index (χ1) is 11.0. The van der Waals surface area contributed by atoms with Gasteiger partial charge in [0.15, 0.2) is 0 Å². The van der Waals surface area contributed by atoms with Crippen molar-refractivity contribution in [3.63, 3.8) is 0 Å². The van der Waals surface area contributed by atoms with E-state index in [0.717, 1.165) is 32.4 Å². The maximum atomic E-state index is 12.6. The van der Waals surface area contributed by atoms with Crippen molar-refractivity contribution in [2.75, 3.05) is 10.6 Å². The molecule has 5 nitrogen and oxygen atoms in total. The zero-order valence-corrected chi connectivity index (χ0v) is 14.1. The molecule has 6 heteroatoms. The summed E-state index contributed by atoms with van der Waals surface area (Å²) in [4.78, 5) is 12.6. The maximum absolute atomic E-state index is 12.6. The average molecular weight is 371 g/mol. The number of rotatable bonds is 2. The first-order valence-corrected chi connectivity index (χ1v) is 8.16. The molecule has 0 saturated heterocycles. The van der Waals surface area contributed by atoms with E-state index in [0.29, 0.717) is 6.42 Å². The summed E-state index contributed by atoms with van der Waals surface area (Å²) in [7, 11) is 0. The predicted octanol–water partition coefficient (Wildman–Crippen LogP) is 3.69. The molecule has 1 atom stereocenters. The largest absolute Gasteiger partial charge is 0.369 e. The molecule has 0 spiro atoms. The Morgan fingerprint density at radius 1 is 1.17 bits per heavy atom. The number of carbonyl (C=O) groups excluding carboxylic acids is 1. The molecular formula is C17H15BrN4O. The molecule has 2 heterocycles. The second kappa shape index (κ2) is 5.09. The van der Waals surface area contributed by atoms with Crippen LogP contribution in [0.15, 0.2) is 47.1 Å². The first-order valence-electron chi connectivity index (χ1n) is 7.36. The van der Waals surface area contributed by atoms with E-state index < -0.39 is 5.54 Å². The standard InChI is InChI=1S/C17H15BrN4O/c1-17(9-10-5-3-2-4-6-10)16(23)19-13-8-12-11(7-14(13)20-17)15(18)22-21-12/h2-8,20H,9H2,1H3,(H,19,23)(H,21,22). The number of aromatic nitrogens is 2. The summed E-state index contributed by atoms with van der Waals surface area (Å²) in [5.74, 6) is -0.0354. The van der Waals surface area contributed by atoms with Crippen LogP contribution in [-0.4, -0.2) is 21.6 Å². The lowest BCUT2D eigenvalue weighted by atomic mass is 9.89. The quantitative estimate of drug-likeness (QED) is 0.644. The van der Waals surface area contributed by atoms with Crippen LogP contribution in [0.4, 0.5) is 11.4 Å². The van der Waals surface area contributed by atoms with Gasteiger partial charge in [-0.2, -0.15) is 5.10 Å². The van der Waals surface area contributed by atoms with Crippen molar-refractivity contribution in [3.8, 4) is 0 Å². The molecule has 1 aliphatic heterocycles. The Bertz CT molecular complexity index is 906. The second-order valence-corrected chi connectivity index (χ2v) is 6.78. The van der Waals surface area contributed by atoms with Gasteiger partial charge in [0, 0.05) is 11.8 Å². The van der Waals surface area contributed by atoms with Crippen LogP contribution in [-0.2, 0) is 11.2 Å². The number of hydrogen-bond donors (Lipinski definition) is 3. The van der Waals surface area contributed by atoms with Gasteiger partial charge in [-0.3, -0.25) is 9.89 Å². The number of nitrogens with zero attached hydrogens (tertiary/aromatic N) is 1. The fourth-order valence-electron chi connectivity index (χ4n) is 2.98. The van der Waals surface area contributed by atoms with E-state index in [1.807, 2.05) is 49.4 Å². The zero-order chi connectivity index (χ0) is 16.0. The van der Waals surface area contributed by atoms with E-state index in [2.05, 4.69) is 36.8 Å². The Balaban J connectivity index is 1.74. The minimum Gasteiger partial charge on any atom is -0.369 e. The molecule has 0 saturated carbocycles. The third-order valence-corrected chi connectivity index (χ3v) is 4.82. The average Bonchev–Trinajstić information content (AvgIpc) is 2.88. The SMILES string of the molecule is CC1(Cc2ccccc2)Nc2cc3c(Br)n[nH]c3cc2NC1=O. The van der Waals surface area contributed by atoms with Crippen LogP contribution in [0.25, 0.3) is 10.9 Å². The summed E-state index contributed by atoms with van der Waals surface area (Å²) in [5, 5.41) is 14.5. The summed E-state index contributed by atoms with van der Waals surface area (Å²) in [6, 6.07) is 13.9. The fourth-order valence-corrected chi connectivity index (χ4v) is 3.40. The molecule has 1 amide bonds. The van der Waals surface area contributed by atoms with Gasteiger partial charge in [-0.15, -0.1) is 0 Å². The van der Waals surface area contributed by atoms with Gasteiger partial charge >= 0.3 is 0 Å². The van der Waals surface area contributed by atoms with Crippen molar-refractivity contribution < 1.29 is 4.79 Å². The summed E-state index contributed by atoms with van der Waals surface area (Å²) < 4.78 is 0.763. The number of anilines is 2. The first kappa shape index (κ1) is 14.3. The van der Waals surface area contributed by atoms with Crippen LogP contribution in [0, 0.1) is 0 Å². The topological polar surface area (TPSA) is 69.8 Å². The number of H-pyrrole nitrogens is 1. The van der Waals surface area contributed by atoms with Crippen LogP contribution in [0.1, 0.15) is 12.5 Å². The Morgan fingerprint density at radius 2 is 1.96 bits per heavy atom. The maximum Gasteiger partial charge on any atom is 0.250 e. The van der Waals surface area contributed by atoms with Crippen molar-refractivity contribution in [2.24, 2.45) is 0 Å². The van der Waals surface area contributed by atoms with E-state index in [4.69, 9.17) is 0 Å². The highest BCUT2D eigenvalue weighted by molar-refractivity contribution is 9.10. The van der Waals surface area contributed by atoms with E-state index in [1.165, 1.54) is 0 Å². The predicted molar refractivity (Wildman–Crippen MR) is 94.6 cm³/mol. The number of amides is 1. The fraction of sp³-hybridized carbons (Fsp3) is 0.176. The van der Waals surface area contributed by atoms with E-state index >= 15 is 0 Å². The number of carbonyl (C=O) groups is 1. The number of halogens is 1. The van der Waals surface area contributed by atoms with Crippen LogP contribution in [0.2, 0.25) is 0 Å². The van der Waals surface area contributed by atoms with Crippen molar-refractivity contribution in [1.29, 1.82) is 0 Å². The van der Waals surface area contributed by atoms with Gasteiger partial charge in [0.25, 0.3) is 0 Å². The minimum absolute atomic E-state index is 0.0354. The van der Waals surface area contributed by atoms with Gasteiger partial charge in [-0.1, -0.05) is 30.3 Å². The molecule has 3 N–H and O–H groups in total. The summed E-state index contributed by atoms with van der Waals surface area (Å²) in [6.07, 6.45) is 0.615. The number of aromatic amines is 1. The smallest absolute Gasteiger partial charge is 0.250 e. The lowest BCUT2D eigenvalue weighted by molar-refractivity contribution is -0.120. The highest BCUT2D eigenvalue weighted by Crippen LogP contribution is 2.37. The van der Waals surface area contributed by atoms with Crippen LogP contribution >= 0.6 is 15.9 Å². The van der Waals surface area contributed by atoms with Crippen LogP contribution < -0.4 is 10.6 Å². The monoisotopic (exact) mass is 370 g/mol. The highest BCUT2D eigenvalue weighted by Gasteiger charge is 2.38. The van der Waals surface area contributed by atoms with E-state index in [9.17, 15) is 4.79 Å². The Labute approximate surface area is 141 Å². The molecule has 1 aromatic heterocycles. The van der Waals surface area contributed by atoms with Crippen molar-refractivity contribution in [1.82, 2.24) is 10.2 Å². The summed E-state index contributed by atoms with van der Waals surface area (Å²) in [5.41, 5.74) is 2.97. The van der Waals surface area contributed by atoms with Gasteiger partial charge in [0.2, 0.25) is 5.91 Å². The molecule has 23 heavy (non-hydrogen) atoms. The van der Waals surface area contributed by atoms with Gasteiger partial charge < -0.3 is 10.6 Å². The normalized spacial score (nSPS) is 20.0. The zero-order valence-electron chi connectivity index (χ0n) is 12.5. The molecule has 0 radical (unpaired) electrons. The Kier molecular flexibility index (Phi) is 3.16. The number of benzene rings is 2. The molecule has 0 fully saturated rings. The number of fused-ring (bicyclic) bond motifs is 2. The molecule has 1 aliphatic rings. The van der Waals surface area contributed by atoms with Gasteiger partial charge in [0.05, 0.1) is 16.9 Å². The molecular weight excluding hydrogens is 356 g/mol. The van der Waals surface area contributed by atoms with Gasteiger partial charge in [0.1, 0.15) is 10.1 Å². The van der Waals surface area contributed by atoms with Crippen LogP contribution in [0.5, 0.6) is 0 Å². The number of hydrogen-bond acceptors (Lipinski definition) is 3. The highest BCUT2D eigenvalue weighted by atomic mass is 79.9. The molecule has 2 aromatic carbocycles.